The van der Waals surface area contributed by atoms with Crippen molar-refractivity contribution < 1.29 is 18.8 Å². The maximum absolute atomic E-state index is 15.0. The van der Waals surface area contributed by atoms with Crippen LogP contribution in [0.15, 0.2) is 36.4 Å². The number of nitrogens with one attached hydrogen (secondary N) is 1. The molecule has 0 aliphatic carbocycles. The highest BCUT2D eigenvalue weighted by molar-refractivity contribution is 6.05. The number of fused-ring (bicyclic) bond motifs is 1. The highest BCUT2D eigenvalue weighted by Gasteiger charge is 2.39. The summed E-state index contributed by atoms with van der Waals surface area (Å²) in [5, 5.41) is 2.29. The Balaban J connectivity index is 1.27. The molecular formula is C25H27FN4O3. The molecule has 8 heteroatoms. The molecule has 2 fully saturated rings. The lowest BCUT2D eigenvalue weighted by Crippen LogP contribution is -2.52. The number of benzene rings is 2. The second kappa shape index (κ2) is 8.59. The minimum atomic E-state index is -0.695. The van der Waals surface area contributed by atoms with E-state index in [2.05, 4.69) is 35.3 Å². The first-order chi connectivity index (χ1) is 15.9. The Morgan fingerprint density at radius 3 is 2.55 bits per heavy atom. The zero-order chi connectivity index (χ0) is 23.1. The molecule has 2 aromatic carbocycles. The van der Waals surface area contributed by atoms with Crippen LogP contribution in [0.2, 0.25) is 0 Å². The van der Waals surface area contributed by atoms with E-state index < -0.39 is 17.8 Å². The van der Waals surface area contributed by atoms with Gasteiger partial charge in [-0.05, 0) is 42.2 Å². The van der Waals surface area contributed by atoms with E-state index in [0.29, 0.717) is 30.8 Å². The molecule has 1 N–H and O–H groups in total. The van der Waals surface area contributed by atoms with Gasteiger partial charge in [0.05, 0.1) is 5.69 Å². The van der Waals surface area contributed by atoms with Crippen LogP contribution >= 0.6 is 0 Å². The van der Waals surface area contributed by atoms with Gasteiger partial charge in [0, 0.05) is 51.3 Å². The SMILES string of the molecule is Cc1ccccc1CN1CCN(c2cc3c(cc2F)C(=O)N(C2CCC(=O)NC2=O)C3)CC1. The lowest BCUT2D eigenvalue weighted by atomic mass is 10.0. The molecule has 0 saturated carbocycles. The topological polar surface area (TPSA) is 73.0 Å². The molecule has 172 valence electrons. The lowest BCUT2D eigenvalue weighted by molar-refractivity contribution is -0.136. The Morgan fingerprint density at radius 1 is 1.06 bits per heavy atom. The van der Waals surface area contributed by atoms with Crippen molar-refractivity contribution in [3.8, 4) is 0 Å². The highest BCUT2D eigenvalue weighted by atomic mass is 19.1. The van der Waals surface area contributed by atoms with Gasteiger partial charge >= 0.3 is 0 Å². The van der Waals surface area contributed by atoms with Gasteiger partial charge in [-0.15, -0.1) is 0 Å². The van der Waals surface area contributed by atoms with E-state index in [1.807, 2.05) is 11.0 Å². The fourth-order valence-electron chi connectivity index (χ4n) is 4.99. The molecule has 0 spiro atoms. The van der Waals surface area contributed by atoms with Crippen molar-refractivity contribution in [2.24, 2.45) is 0 Å². The van der Waals surface area contributed by atoms with E-state index in [9.17, 15) is 14.4 Å². The first-order valence-electron chi connectivity index (χ1n) is 11.4. The third kappa shape index (κ3) is 4.11. The van der Waals surface area contributed by atoms with E-state index >= 15 is 4.39 Å². The molecule has 0 radical (unpaired) electrons. The summed E-state index contributed by atoms with van der Waals surface area (Å²) in [6, 6.07) is 10.7. The number of carbonyl (C=O) groups is 3. The summed E-state index contributed by atoms with van der Waals surface area (Å²) < 4.78 is 15.0. The van der Waals surface area contributed by atoms with Gasteiger partial charge in [0.25, 0.3) is 5.91 Å². The summed E-state index contributed by atoms with van der Waals surface area (Å²) in [4.78, 5) is 42.4. The van der Waals surface area contributed by atoms with Gasteiger partial charge in [-0.1, -0.05) is 24.3 Å². The molecule has 3 heterocycles. The Kier molecular flexibility index (Phi) is 5.62. The predicted molar refractivity (Wildman–Crippen MR) is 121 cm³/mol. The number of piperidine rings is 1. The molecule has 5 rings (SSSR count). The number of aryl methyl sites for hydroxylation is 1. The van der Waals surface area contributed by atoms with Crippen molar-refractivity contribution in [3.05, 3.63) is 64.5 Å². The zero-order valence-electron chi connectivity index (χ0n) is 18.6. The average Bonchev–Trinajstić information content (AvgIpc) is 3.11. The van der Waals surface area contributed by atoms with Gasteiger partial charge in [0.1, 0.15) is 11.9 Å². The van der Waals surface area contributed by atoms with Crippen molar-refractivity contribution in [3.63, 3.8) is 0 Å². The number of anilines is 1. The molecular weight excluding hydrogens is 423 g/mol. The van der Waals surface area contributed by atoms with Crippen LogP contribution in [-0.4, -0.2) is 59.7 Å². The van der Waals surface area contributed by atoms with E-state index in [1.165, 1.54) is 22.1 Å². The number of nitrogens with zero attached hydrogens (tertiary/aromatic N) is 3. The molecule has 1 unspecified atom stereocenters. The Morgan fingerprint density at radius 2 is 1.82 bits per heavy atom. The van der Waals surface area contributed by atoms with E-state index in [4.69, 9.17) is 0 Å². The Labute approximate surface area is 192 Å². The fraction of sp³-hybridized carbons (Fsp3) is 0.400. The van der Waals surface area contributed by atoms with Gasteiger partial charge < -0.3 is 9.80 Å². The van der Waals surface area contributed by atoms with Crippen molar-refractivity contribution in [1.29, 1.82) is 0 Å². The van der Waals surface area contributed by atoms with Crippen molar-refractivity contribution in [1.82, 2.24) is 15.1 Å². The molecule has 3 aliphatic heterocycles. The second-order valence-corrected chi connectivity index (χ2v) is 9.05. The standard InChI is InChI=1S/C25H27FN4O3/c1-16-4-2-3-5-17(16)14-28-8-10-29(11-9-28)22-12-18-15-30(25(33)19(18)13-20(22)26)21-6-7-23(31)27-24(21)32/h2-5,12-13,21H,6-11,14-15H2,1H3,(H,27,31,32). The van der Waals surface area contributed by atoms with Crippen molar-refractivity contribution in [2.75, 3.05) is 31.1 Å². The van der Waals surface area contributed by atoms with Gasteiger partial charge in [0.2, 0.25) is 11.8 Å². The molecule has 3 aliphatic rings. The van der Waals surface area contributed by atoms with E-state index in [0.717, 1.165) is 25.2 Å². The molecule has 2 saturated heterocycles. The summed E-state index contributed by atoms with van der Waals surface area (Å²) in [7, 11) is 0. The number of hydrogen-bond acceptors (Lipinski definition) is 5. The van der Waals surface area contributed by atoms with Crippen molar-refractivity contribution in [2.45, 2.75) is 38.9 Å². The first kappa shape index (κ1) is 21.6. The maximum Gasteiger partial charge on any atom is 0.255 e. The number of piperazine rings is 1. The number of rotatable bonds is 4. The Bertz CT molecular complexity index is 1130. The first-order valence-corrected chi connectivity index (χ1v) is 11.4. The molecule has 33 heavy (non-hydrogen) atoms. The molecule has 0 aromatic heterocycles. The monoisotopic (exact) mass is 450 g/mol. The normalized spacial score (nSPS) is 21.4. The molecule has 1 atom stereocenters. The van der Waals surface area contributed by atoms with Crippen molar-refractivity contribution >= 4 is 23.4 Å². The second-order valence-electron chi connectivity index (χ2n) is 9.05. The van der Waals surface area contributed by atoms with Crippen LogP contribution in [0.1, 0.15) is 39.9 Å². The van der Waals surface area contributed by atoms with Crippen LogP contribution in [-0.2, 0) is 22.7 Å². The number of carbonyl (C=O) groups excluding carboxylic acids is 3. The van der Waals surface area contributed by atoms with Gasteiger partial charge in [-0.3, -0.25) is 24.6 Å². The summed E-state index contributed by atoms with van der Waals surface area (Å²) in [5.74, 6) is -1.55. The number of halogens is 1. The van der Waals surface area contributed by atoms with Crippen LogP contribution in [0.4, 0.5) is 10.1 Å². The van der Waals surface area contributed by atoms with Crippen LogP contribution in [0.25, 0.3) is 0 Å². The van der Waals surface area contributed by atoms with E-state index in [1.54, 1.807) is 6.07 Å². The average molecular weight is 451 g/mol. The molecule has 3 amide bonds. The predicted octanol–water partition coefficient (Wildman–Crippen LogP) is 2.22. The highest BCUT2D eigenvalue weighted by Crippen LogP contribution is 2.33. The van der Waals surface area contributed by atoms with E-state index in [-0.39, 0.29) is 24.8 Å². The minimum absolute atomic E-state index is 0.197. The summed E-state index contributed by atoms with van der Waals surface area (Å²) in [6.45, 7) is 6.30. The third-order valence-corrected chi connectivity index (χ3v) is 6.96. The molecule has 2 aromatic rings. The zero-order valence-corrected chi connectivity index (χ0v) is 18.6. The summed E-state index contributed by atoms with van der Waals surface area (Å²) >= 11 is 0. The molecule has 7 nitrogen and oxygen atoms in total. The number of hydrogen-bond donors (Lipinski definition) is 1. The minimum Gasteiger partial charge on any atom is -0.367 e. The summed E-state index contributed by atoms with van der Waals surface area (Å²) in [6.07, 6.45) is 0.492. The molecule has 0 bridgehead atoms. The lowest BCUT2D eigenvalue weighted by Gasteiger charge is -2.36. The largest absolute Gasteiger partial charge is 0.367 e. The maximum atomic E-state index is 15.0. The summed E-state index contributed by atoms with van der Waals surface area (Å²) in [5.41, 5.74) is 4.11. The smallest absolute Gasteiger partial charge is 0.255 e. The van der Waals surface area contributed by atoms with Crippen LogP contribution in [0.3, 0.4) is 0 Å². The van der Waals surface area contributed by atoms with Gasteiger partial charge in [-0.2, -0.15) is 0 Å². The van der Waals surface area contributed by atoms with Gasteiger partial charge in [-0.25, -0.2) is 4.39 Å². The van der Waals surface area contributed by atoms with Crippen LogP contribution in [0, 0.1) is 12.7 Å². The third-order valence-electron chi connectivity index (χ3n) is 6.96. The Hall–Kier alpha value is -3.26. The van der Waals surface area contributed by atoms with Gasteiger partial charge in [0.15, 0.2) is 0 Å². The number of imide groups is 1. The fourth-order valence-corrected chi connectivity index (χ4v) is 4.99. The quantitative estimate of drug-likeness (QED) is 0.724. The number of amides is 3. The van der Waals surface area contributed by atoms with Crippen LogP contribution < -0.4 is 10.2 Å². The van der Waals surface area contributed by atoms with Crippen LogP contribution in [0.5, 0.6) is 0 Å².